The number of carbonyl (C=O) groups excluding carboxylic acids is 2. The first-order valence-corrected chi connectivity index (χ1v) is 9.00. The molecule has 3 aromatic carbocycles. The van der Waals surface area contributed by atoms with Gasteiger partial charge in [-0.15, -0.1) is 0 Å². The number of hydrogen-bond donors (Lipinski definition) is 1. The minimum Gasteiger partial charge on any atom is -0.493 e. The van der Waals surface area contributed by atoms with Gasteiger partial charge in [0.2, 0.25) is 0 Å². The van der Waals surface area contributed by atoms with E-state index < -0.39 is 0 Å². The highest BCUT2D eigenvalue weighted by atomic mass is 16.5. The van der Waals surface area contributed by atoms with Crippen molar-refractivity contribution in [3.8, 4) is 11.5 Å². The molecule has 2 amide bonds. The van der Waals surface area contributed by atoms with E-state index in [4.69, 9.17) is 9.47 Å². The van der Waals surface area contributed by atoms with Crippen LogP contribution in [0.5, 0.6) is 11.5 Å². The molecule has 29 heavy (non-hydrogen) atoms. The molecule has 0 atom stereocenters. The molecule has 1 N–H and O–H groups in total. The fraction of sp³-hybridized carbons (Fsp3) is 0.136. The number of hydrogen-bond acceptors (Lipinski definition) is 5. The van der Waals surface area contributed by atoms with E-state index in [1.165, 1.54) is 11.1 Å². The van der Waals surface area contributed by atoms with Crippen LogP contribution in [-0.4, -0.2) is 38.8 Å². The molecule has 0 unspecified atom stereocenters. The third-order valence-electron chi connectivity index (χ3n) is 4.76. The summed E-state index contributed by atoms with van der Waals surface area (Å²) in [7, 11) is 3.11. The monoisotopic (exact) mass is 389 g/mol. The van der Waals surface area contributed by atoms with Crippen molar-refractivity contribution in [1.29, 1.82) is 0 Å². The Morgan fingerprint density at radius 3 is 2.59 bits per heavy atom. The molecule has 3 aromatic rings. The summed E-state index contributed by atoms with van der Waals surface area (Å²) in [5, 5.41) is 5.83. The van der Waals surface area contributed by atoms with Crippen LogP contribution in [0.15, 0.2) is 59.7 Å². The van der Waals surface area contributed by atoms with Crippen LogP contribution in [0.3, 0.4) is 0 Å². The molecule has 1 heterocycles. The molecule has 7 heteroatoms. The van der Waals surface area contributed by atoms with Crippen LogP contribution in [-0.2, 0) is 4.79 Å². The Labute approximate surface area is 167 Å². The van der Waals surface area contributed by atoms with Crippen molar-refractivity contribution in [1.82, 2.24) is 5.43 Å². The molecule has 0 aliphatic carbocycles. The molecule has 0 saturated carbocycles. The number of methoxy groups -OCH3 is 2. The summed E-state index contributed by atoms with van der Waals surface area (Å²) in [6.07, 6.45) is 1.50. The van der Waals surface area contributed by atoms with Gasteiger partial charge in [-0.25, -0.2) is 5.43 Å². The van der Waals surface area contributed by atoms with E-state index in [0.29, 0.717) is 17.1 Å². The summed E-state index contributed by atoms with van der Waals surface area (Å²) in [6.45, 7) is -0.115. The number of anilines is 1. The highest BCUT2D eigenvalue weighted by molar-refractivity contribution is 6.26. The highest BCUT2D eigenvalue weighted by Gasteiger charge is 2.30. The van der Waals surface area contributed by atoms with Gasteiger partial charge in [-0.1, -0.05) is 24.3 Å². The predicted molar refractivity (Wildman–Crippen MR) is 111 cm³/mol. The van der Waals surface area contributed by atoms with Crippen LogP contribution in [0, 0.1) is 0 Å². The fourth-order valence-corrected chi connectivity index (χ4v) is 3.43. The Morgan fingerprint density at radius 1 is 1.07 bits per heavy atom. The van der Waals surface area contributed by atoms with E-state index in [1.54, 1.807) is 38.5 Å². The van der Waals surface area contributed by atoms with Gasteiger partial charge in [0.15, 0.2) is 11.5 Å². The maximum absolute atomic E-state index is 12.7. The Morgan fingerprint density at radius 2 is 1.83 bits per heavy atom. The van der Waals surface area contributed by atoms with Crippen LogP contribution >= 0.6 is 0 Å². The van der Waals surface area contributed by atoms with Crippen LogP contribution in [0.2, 0.25) is 0 Å². The molecule has 0 spiro atoms. The second kappa shape index (κ2) is 7.63. The van der Waals surface area contributed by atoms with Gasteiger partial charge >= 0.3 is 0 Å². The summed E-state index contributed by atoms with van der Waals surface area (Å²) in [5.74, 6) is 0.599. The normalized spacial score (nSPS) is 12.6. The Bertz CT molecular complexity index is 1130. The molecule has 1 aliphatic rings. The summed E-state index contributed by atoms with van der Waals surface area (Å²) in [6, 6.07) is 16.5. The first-order chi connectivity index (χ1) is 14.1. The first kappa shape index (κ1) is 18.5. The number of hydrazone groups is 1. The third kappa shape index (κ3) is 3.38. The zero-order chi connectivity index (χ0) is 20.4. The van der Waals surface area contributed by atoms with Crippen molar-refractivity contribution in [3.05, 3.63) is 65.7 Å². The second-order valence-electron chi connectivity index (χ2n) is 6.48. The topological polar surface area (TPSA) is 80.2 Å². The maximum atomic E-state index is 12.7. The second-order valence-corrected chi connectivity index (χ2v) is 6.48. The standard InChI is InChI=1S/C22H19N3O4/c1-28-18-10-9-14(11-19(18)29-2)12-23-24-20(26)13-25-17-8-4-6-15-5-3-7-16(21(15)17)22(25)27/h3-12H,13H2,1-2H3,(H,24,26)/b23-12-. The van der Waals surface area contributed by atoms with Crippen molar-refractivity contribution >= 4 is 34.5 Å². The van der Waals surface area contributed by atoms with Gasteiger partial charge in [0.05, 0.1) is 26.1 Å². The van der Waals surface area contributed by atoms with E-state index in [1.807, 2.05) is 30.3 Å². The van der Waals surface area contributed by atoms with Gasteiger partial charge in [0, 0.05) is 10.9 Å². The zero-order valence-corrected chi connectivity index (χ0v) is 16.0. The van der Waals surface area contributed by atoms with E-state index in [9.17, 15) is 9.59 Å². The first-order valence-electron chi connectivity index (χ1n) is 9.00. The van der Waals surface area contributed by atoms with Gasteiger partial charge in [-0.3, -0.25) is 14.5 Å². The molecule has 0 radical (unpaired) electrons. The third-order valence-corrected chi connectivity index (χ3v) is 4.76. The number of benzene rings is 3. The molecule has 1 aliphatic heterocycles. The van der Waals surface area contributed by atoms with Gasteiger partial charge in [-0.2, -0.15) is 5.10 Å². The van der Waals surface area contributed by atoms with Crippen molar-refractivity contribution in [2.75, 3.05) is 25.7 Å². The Balaban J connectivity index is 1.45. The van der Waals surface area contributed by atoms with Crippen LogP contribution in [0.25, 0.3) is 10.8 Å². The maximum Gasteiger partial charge on any atom is 0.260 e. The smallest absolute Gasteiger partial charge is 0.260 e. The molecule has 146 valence electrons. The highest BCUT2D eigenvalue weighted by Crippen LogP contribution is 2.36. The van der Waals surface area contributed by atoms with Crippen molar-refractivity contribution in [2.24, 2.45) is 5.10 Å². The van der Waals surface area contributed by atoms with Crippen molar-refractivity contribution in [3.63, 3.8) is 0 Å². The molecular formula is C22H19N3O4. The molecular weight excluding hydrogens is 370 g/mol. The van der Waals surface area contributed by atoms with E-state index in [0.717, 1.165) is 22.0 Å². The SMILES string of the molecule is COc1ccc(/C=N\NC(=O)CN2C(=O)c3cccc4cccc2c34)cc1OC. The largest absolute Gasteiger partial charge is 0.493 e. The van der Waals surface area contributed by atoms with Crippen LogP contribution in [0.4, 0.5) is 5.69 Å². The molecule has 0 fully saturated rings. The Kier molecular flexibility index (Phi) is 4.87. The number of carbonyl (C=O) groups is 2. The van der Waals surface area contributed by atoms with E-state index in [-0.39, 0.29) is 18.4 Å². The summed E-state index contributed by atoms with van der Waals surface area (Å²) < 4.78 is 10.4. The van der Waals surface area contributed by atoms with Crippen LogP contribution in [0.1, 0.15) is 15.9 Å². The molecule has 4 rings (SSSR count). The predicted octanol–water partition coefficient (Wildman–Crippen LogP) is 2.97. The minimum absolute atomic E-state index is 0.115. The molecule has 0 aromatic heterocycles. The fourth-order valence-electron chi connectivity index (χ4n) is 3.43. The lowest BCUT2D eigenvalue weighted by molar-refractivity contribution is -0.119. The average Bonchev–Trinajstić information content (AvgIpc) is 3.01. The van der Waals surface area contributed by atoms with Crippen LogP contribution < -0.4 is 19.8 Å². The van der Waals surface area contributed by atoms with Gasteiger partial charge in [0.25, 0.3) is 11.8 Å². The lowest BCUT2D eigenvalue weighted by atomic mass is 10.1. The summed E-state index contributed by atoms with van der Waals surface area (Å²) in [5.41, 5.74) is 4.55. The minimum atomic E-state index is -0.389. The quantitative estimate of drug-likeness (QED) is 0.519. The summed E-state index contributed by atoms with van der Waals surface area (Å²) >= 11 is 0. The zero-order valence-electron chi connectivity index (χ0n) is 16.0. The lowest BCUT2D eigenvalue weighted by Gasteiger charge is -2.16. The van der Waals surface area contributed by atoms with Crippen molar-refractivity contribution < 1.29 is 19.1 Å². The number of nitrogens with zero attached hydrogens (tertiary/aromatic N) is 2. The Hall–Kier alpha value is -3.87. The molecule has 0 bridgehead atoms. The van der Waals surface area contributed by atoms with E-state index in [2.05, 4.69) is 10.5 Å². The lowest BCUT2D eigenvalue weighted by Crippen LogP contribution is -2.37. The molecule has 7 nitrogen and oxygen atoms in total. The summed E-state index contributed by atoms with van der Waals surface area (Å²) in [4.78, 5) is 26.6. The van der Waals surface area contributed by atoms with E-state index >= 15 is 0 Å². The number of amides is 2. The van der Waals surface area contributed by atoms with Gasteiger partial charge in [0.1, 0.15) is 6.54 Å². The number of nitrogens with one attached hydrogen (secondary N) is 1. The number of ether oxygens (including phenoxy) is 2. The van der Waals surface area contributed by atoms with Gasteiger partial charge in [-0.05, 0) is 41.3 Å². The average molecular weight is 389 g/mol. The number of rotatable bonds is 6. The molecule has 0 saturated heterocycles. The van der Waals surface area contributed by atoms with Crippen molar-refractivity contribution in [2.45, 2.75) is 0 Å². The van der Waals surface area contributed by atoms with Gasteiger partial charge < -0.3 is 9.47 Å².